The summed E-state index contributed by atoms with van der Waals surface area (Å²) in [7, 11) is -1.04. The molecule has 0 aliphatic carbocycles. The number of imidazole rings is 1. The Hall–Kier alpha value is -8.60. The van der Waals surface area contributed by atoms with E-state index in [4.69, 9.17) is 23.5 Å². The zero-order chi connectivity index (χ0) is 61.6. The van der Waals surface area contributed by atoms with Crippen molar-refractivity contribution in [1.82, 2.24) is 43.3 Å². The maximum atomic E-state index is 16.1. The zero-order valence-electron chi connectivity index (χ0n) is 49.4. The summed E-state index contributed by atoms with van der Waals surface area (Å²) in [6.07, 6.45) is -1.28. The normalized spacial score (nSPS) is 18.3. The van der Waals surface area contributed by atoms with Crippen molar-refractivity contribution in [2.45, 2.75) is 71.2 Å². The Morgan fingerprint density at radius 1 is 0.724 bits per heavy atom. The third kappa shape index (κ3) is 13.4. The molecule has 5 aromatic carbocycles. The van der Waals surface area contributed by atoms with Gasteiger partial charge in [0.15, 0.2) is 36.0 Å². The van der Waals surface area contributed by atoms with Gasteiger partial charge in [-0.15, -0.1) is 0 Å². The second-order valence-electron chi connectivity index (χ2n) is 22.1. The number of carbonyl (C=O) groups is 4. The third-order valence-electron chi connectivity index (χ3n) is 15.7. The molecular formula is C64H69N10O12P. The molecular weight excluding hydrogens is 1130 g/mol. The topological polar surface area (TPSA) is 252 Å². The first-order valence-corrected chi connectivity index (χ1v) is 30.1. The highest BCUT2D eigenvalue weighted by molar-refractivity contribution is 7.53. The van der Waals surface area contributed by atoms with Crippen LogP contribution < -0.4 is 16.6 Å². The number of ether oxygens (including phenoxy) is 4. The molecule has 2 aliphatic heterocycles. The van der Waals surface area contributed by atoms with Crippen molar-refractivity contribution < 1.29 is 47.2 Å². The number of hydrogen-bond acceptors (Lipinski definition) is 16. The number of morpholine rings is 2. The lowest BCUT2D eigenvalue weighted by atomic mass is 9.75. The van der Waals surface area contributed by atoms with Crippen molar-refractivity contribution >= 4 is 48.4 Å². The number of hydrogen-bond donors (Lipinski definition) is 2. The first kappa shape index (κ1) is 61.5. The molecule has 5 unspecified atom stereocenters. The molecule has 2 fully saturated rings. The average Bonchev–Trinajstić information content (AvgIpc) is 1.04. The molecule has 3 aromatic heterocycles. The van der Waals surface area contributed by atoms with Crippen LogP contribution in [-0.2, 0) is 49.6 Å². The predicted octanol–water partition coefficient (Wildman–Crippen LogP) is 7.80. The van der Waals surface area contributed by atoms with Crippen LogP contribution in [0, 0.1) is 26.7 Å². The average molecular weight is 1200 g/mol. The smallest absolute Gasteiger partial charge is 0.349 e. The number of nitrogens with zero attached hydrogens (tertiary/aromatic N) is 8. The maximum Gasteiger partial charge on any atom is 0.349 e. The number of carbonyl (C=O) groups excluding carboxylic acids is 4. The molecule has 0 radical (unpaired) electrons. The van der Waals surface area contributed by atoms with E-state index < -0.39 is 86.1 Å². The van der Waals surface area contributed by atoms with E-state index in [1.165, 1.54) is 20.1 Å². The standard InChI is InChI=1S/C64H69N10O12P/c1-41(2)59(77)68-62-67-58-57(60(78)69-62)65-40-74(58)55-36-72(34-52(86-55)37-82-56(76)39-83-61(79)46-30-42(3)44(5)43(4)31-46)87(81,70(6)7)84-38-51-33-71(35-54(85-51)73-29-28-50(66-63(73)80)32-53(75)45-20-12-8-13-21-45)64(47-22-14-9-15-23-47,48-24-16-10-17-25-48)49-26-18-11-19-27-49/h8-31,40-41,51-52,54-55H,32-39H2,1-7H3,(H2,67,68,69,77,78). The highest BCUT2D eigenvalue weighted by Gasteiger charge is 2.48. The number of Topliss-reactive ketones (excluding diaryl/α,β-unsaturated/α-hetero) is 1. The number of rotatable bonds is 21. The molecule has 87 heavy (non-hydrogen) atoms. The monoisotopic (exact) mass is 1200 g/mol. The fraction of sp³-hybridized carbons (Fsp3) is 0.328. The van der Waals surface area contributed by atoms with Crippen LogP contribution in [0.4, 0.5) is 5.95 Å². The van der Waals surface area contributed by atoms with Crippen LogP contribution in [0.3, 0.4) is 0 Å². The lowest BCUT2D eigenvalue weighted by Crippen LogP contribution is -2.58. The van der Waals surface area contributed by atoms with Gasteiger partial charge in [-0.3, -0.25) is 43.3 Å². The quantitative estimate of drug-likeness (QED) is 0.0301. The Balaban J connectivity index is 0.985. The summed E-state index contributed by atoms with van der Waals surface area (Å²) in [5, 5.41) is 2.63. The molecule has 0 spiro atoms. The van der Waals surface area contributed by atoms with E-state index in [9.17, 15) is 28.8 Å². The number of amides is 1. The molecule has 0 bridgehead atoms. The molecule has 23 heteroatoms. The van der Waals surface area contributed by atoms with Crippen molar-refractivity contribution in [1.29, 1.82) is 0 Å². The SMILES string of the molecule is Cc1cc(C(=O)OCC(=O)OCC2CN(P(=O)(OCC3CN(C(c4ccccc4)(c4ccccc4)c4ccccc4)CC(n4ccc(CC(=O)c5ccccc5)nc4=O)O3)N(C)C)CC(n3cnc4c(=O)[nH]c(NC(=O)C(C)C)nc43)O2)cc(C)c1C. The summed E-state index contributed by atoms with van der Waals surface area (Å²) in [6, 6.07) is 43.8. The first-order valence-electron chi connectivity index (χ1n) is 28.6. The van der Waals surface area contributed by atoms with E-state index in [-0.39, 0.29) is 73.4 Å². The van der Waals surface area contributed by atoms with Crippen molar-refractivity contribution in [3.05, 3.63) is 223 Å². The Morgan fingerprint density at radius 2 is 1.30 bits per heavy atom. The molecule has 22 nitrogen and oxygen atoms in total. The van der Waals surface area contributed by atoms with Gasteiger partial charge >= 0.3 is 25.3 Å². The fourth-order valence-corrected chi connectivity index (χ4v) is 13.0. The second-order valence-corrected chi connectivity index (χ2v) is 24.7. The number of benzene rings is 5. The molecule has 5 atom stereocenters. The lowest BCUT2D eigenvalue weighted by molar-refractivity contribution is -0.162. The van der Waals surface area contributed by atoms with E-state index in [0.29, 0.717) is 5.56 Å². The van der Waals surface area contributed by atoms with Crippen LogP contribution in [0.25, 0.3) is 11.2 Å². The summed E-state index contributed by atoms with van der Waals surface area (Å²) in [5.74, 6) is -2.78. The Morgan fingerprint density at radius 3 is 1.87 bits per heavy atom. The minimum Gasteiger partial charge on any atom is -0.460 e. The Bertz CT molecular complexity index is 3840. The van der Waals surface area contributed by atoms with Crippen molar-refractivity contribution in [3.8, 4) is 0 Å². The van der Waals surface area contributed by atoms with Gasteiger partial charge in [0, 0.05) is 37.3 Å². The van der Waals surface area contributed by atoms with Gasteiger partial charge in [-0.1, -0.05) is 135 Å². The summed E-state index contributed by atoms with van der Waals surface area (Å²) in [6.45, 7) is 7.64. The van der Waals surface area contributed by atoms with Crippen LogP contribution in [0.1, 0.15) is 86.1 Å². The Labute approximate surface area is 502 Å². The second kappa shape index (κ2) is 26.6. The summed E-state index contributed by atoms with van der Waals surface area (Å²) in [4.78, 5) is 98.6. The van der Waals surface area contributed by atoms with Crippen LogP contribution in [-0.4, -0.2) is 139 Å². The number of nitrogens with one attached hydrogen (secondary N) is 2. The van der Waals surface area contributed by atoms with Gasteiger partial charge in [0.25, 0.3) is 5.56 Å². The van der Waals surface area contributed by atoms with E-state index >= 15 is 4.57 Å². The van der Waals surface area contributed by atoms with Crippen LogP contribution >= 0.6 is 7.67 Å². The van der Waals surface area contributed by atoms with E-state index in [2.05, 4.69) is 66.6 Å². The summed E-state index contributed by atoms with van der Waals surface area (Å²) in [5.41, 5.74) is 4.23. The van der Waals surface area contributed by atoms with Gasteiger partial charge in [0.1, 0.15) is 12.7 Å². The minimum atomic E-state index is -4.23. The predicted molar refractivity (Wildman–Crippen MR) is 324 cm³/mol. The van der Waals surface area contributed by atoms with Gasteiger partial charge in [-0.05, 0) is 86.4 Å². The van der Waals surface area contributed by atoms with Gasteiger partial charge < -0.3 is 23.5 Å². The minimum absolute atomic E-state index is 0.0236. The Kier molecular flexibility index (Phi) is 18.8. The van der Waals surface area contributed by atoms with Gasteiger partial charge in [0.05, 0.1) is 48.8 Å². The van der Waals surface area contributed by atoms with E-state index in [1.807, 2.05) is 81.4 Å². The lowest BCUT2D eigenvalue weighted by Gasteiger charge is -2.51. The number of ketones is 1. The van der Waals surface area contributed by atoms with Gasteiger partial charge in [-0.25, -0.2) is 28.7 Å². The molecule has 0 saturated carbocycles. The highest BCUT2D eigenvalue weighted by Crippen LogP contribution is 2.55. The molecule has 8 aromatic rings. The summed E-state index contributed by atoms with van der Waals surface area (Å²) < 4.78 is 53.4. The maximum absolute atomic E-state index is 16.1. The number of fused-ring (bicyclic) bond motifs is 1. The fourth-order valence-electron chi connectivity index (χ4n) is 11.0. The molecule has 5 heterocycles. The number of esters is 2. The van der Waals surface area contributed by atoms with E-state index in [1.54, 1.807) is 81.3 Å². The molecule has 2 N–H and O–H groups in total. The largest absolute Gasteiger partial charge is 0.460 e. The summed E-state index contributed by atoms with van der Waals surface area (Å²) >= 11 is 0. The highest BCUT2D eigenvalue weighted by atomic mass is 31.2. The number of aromatic nitrogens is 6. The number of anilines is 1. The van der Waals surface area contributed by atoms with Crippen LogP contribution in [0.5, 0.6) is 0 Å². The van der Waals surface area contributed by atoms with E-state index in [0.717, 1.165) is 33.4 Å². The van der Waals surface area contributed by atoms with Crippen LogP contribution in [0.15, 0.2) is 162 Å². The number of aryl methyl sites for hydroxylation is 2. The number of H-pyrrole nitrogens is 1. The molecule has 452 valence electrons. The van der Waals surface area contributed by atoms with Gasteiger partial charge in [0.2, 0.25) is 11.9 Å². The first-order chi connectivity index (χ1) is 41.8. The molecule has 2 saturated heterocycles. The van der Waals surface area contributed by atoms with Crippen molar-refractivity contribution in [2.75, 3.05) is 65.4 Å². The number of aromatic amines is 1. The third-order valence-corrected chi connectivity index (χ3v) is 18.2. The van der Waals surface area contributed by atoms with Crippen molar-refractivity contribution in [3.63, 3.8) is 0 Å². The van der Waals surface area contributed by atoms with Crippen LogP contribution in [0.2, 0.25) is 0 Å². The molecule has 1 amide bonds. The molecule has 10 rings (SSSR count). The molecule has 2 aliphatic rings. The zero-order valence-corrected chi connectivity index (χ0v) is 50.3. The van der Waals surface area contributed by atoms with Crippen molar-refractivity contribution in [2.24, 2.45) is 5.92 Å². The van der Waals surface area contributed by atoms with Gasteiger partial charge in [-0.2, -0.15) is 9.97 Å².